The molecule has 0 atom stereocenters. The first-order valence-electron chi connectivity index (χ1n) is 10.7. The summed E-state index contributed by atoms with van der Waals surface area (Å²) in [7, 11) is 1.65. The summed E-state index contributed by atoms with van der Waals surface area (Å²) in [6, 6.07) is 12.3. The molecule has 0 aliphatic carbocycles. The number of aromatic amines is 1. The third-order valence-electron chi connectivity index (χ3n) is 6.07. The molecule has 7 nitrogen and oxygen atoms in total. The van der Waals surface area contributed by atoms with Gasteiger partial charge in [0.2, 0.25) is 0 Å². The van der Waals surface area contributed by atoms with E-state index in [1.165, 1.54) is 0 Å². The molecule has 0 bridgehead atoms. The number of nitrogens with one attached hydrogen (secondary N) is 1. The minimum absolute atomic E-state index is 0.457. The molecule has 1 fully saturated rings. The van der Waals surface area contributed by atoms with Crippen molar-refractivity contribution in [2.45, 2.75) is 32.2 Å². The fourth-order valence-corrected chi connectivity index (χ4v) is 4.32. The number of fused-ring (bicyclic) bond motifs is 1. The van der Waals surface area contributed by atoms with Crippen LogP contribution in [0.5, 0.6) is 5.75 Å². The van der Waals surface area contributed by atoms with Crippen molar-refractivity contribution in [1.82, 2.24) is 30.0 Å². The van der Waals surface area contributed by atoms with Gasteiger partial charge < -0.3 is 4.74 Å². The molecule has 0 unspecified atom stereocenters. The van der Waals surface area contributed by atoms with Crippen molar-refractivity contribution in [1.29, 1.82) is 0 Å². The van der Waals surface area contributed by atoms with E-state index in [1.807, 2.05) is 24.4 Å². The molecule has 1 aliphatic heterocycles. The van der Waals surface area contributed by atoms with Crippen LogP contribution in [0.4, 0.5) is 0 Å². The zero-order valence-electron chi connectivity index (χ0n) is 17.9. The number of aromatic nitrogens is 5. The number of nitrogens with zero attached hydrogens (tertiary/aromatic N) is 5. The highest BCUT2D eigenvalue weighted by molar-refractivity contribution is 5.80. The molecule has 0 spiro atoms. The van der Waals surface area contributed by atoms with Crippen LogP contribution >= 0.6 is 0 Å². The first-order valence-corrected chi connectivity index (χ1v) is 10.7. The van der Waals surface area contributed by atoms with Crippen LogP contribution in [0.25, 0.3) is 22.2 Å². The Balaban J connectivity index is 1.23. The Morgan fingerprint density at radius 2 is 1.94 bits per heavy atom. The second-order valence-electron chi connectivity index (χ2n) is 8.11. The SMILES string of the molecule is COc1cncc(-c2cc(C3CCN(Cc4nc(C)c5ccccc5n4)CC3)n[nH]2)c1. The molecule has 31 heavy (non-hydrogen) atoms. The number of aryl methyl sites for hydroxylation is 1. The van der Waals surface area contributed by atoms with E-state index in [-0.39, 0.29) is 0 Å². The molecule has 3 aromatic heterocycles. The number of rotatable bonds is 5. The van der Waals surface area contributed by atoms with Gasteiger partial charge in [-0.25, -0.2) is 9.97 Å². The Hall–Kier alpha value is -3.32. The van der Waals surface area contributed by atoms with Crippen LogP contribution in [-0.4, -0.2) is 50.2 Å². The Bertz CT molecular complexity index is 1200. The monoisotopic (exact) mass is 414 g/mol. The Labute approximate surface area is 181 Å². The number of hydrogen-bond acceptors (Lipinski definition) is 6. The Kier molecular flexibility index (Phi) is 5.34. The topological polar surface area (TPSA) is 79.8 Å². The molecular formula is C24H26N6O. The number of hydrogen-bond donors (Lipinski definition) is 1. The van der Waals surface area contributed by atoms with Crippen LogP contribution in [0.2, 0.25) is 0 Å². The van der Waals surface area contributed by atoms with Crippen molar-refractivity contribution in [3.63, 3.8) is 0 Å². The van der Waals surface area contributed by atoms with E-state index in [1.54, 1.807) is 13.3 Å². The number of ether oxygens (including phenoxy) is 1. The largest absolute Gasteiger partial charge is 0.495 e. The van der Waals surface area contributed by atoms with Crippen molar-refractivity contribution in [2.75, 3.05) is 20.2 Å². The van der Waals surface area contributed by atoms with Gasteiger partial charge in [-0.05, 0) is 51.1 Å². The van der Waals surface area contributed by atoms with Crippen molar-refractivity contribution in [3.05, 3.63) is 66.0 Å². The first-order chi connectivity index (χ1) is 15.2. The smallest absolute Gasteiger partial charge is 0.143 e. The molecule has 1 N–H and O–H groups in total. The van der Waals surface area contributed by atoms with Gasteiger partial charge >= 0.3 is 0 Å². The number of pyridine rings is 1. The van der Waals surface area contributed by atoms with Crippen molar-refractivity contribution in [3.8, 4) is 17.0 Å². The highest BCUT2D eigenvalue weighted by Crippen LogP contribution is 2.30. The maximum absolute atomic E-state index is 5.28. The van der Waals surface area contributed by atoms with E-state index in [9.17, 15) is 0 Å². The van der Waals surface area contributed by atoms with E-state index >= 15 is 0 Å². The predicted molar refractivity (Wildman–Crippen MR) is 120 cm³/mol. The number of piperidine rings is 1. The van der Waals surface area contributed by atoms with Gasteiger partial charge in [-0.15, -0.1) is 0 Å². The average Bonchev–Trinajstić information content (AvgIpc) is 3.30. The molecule has 4 aromatic rings. The lowest BCUT2D eigenvalue weighted by atomic mass is 9.93. The predicted octanol–water partition coefficient (Wildman–Crippen LogP) is 4.11. The van der Waals surface area contributed by atoms with E-state index in [0.717, 1.165) is 77.6 Å². The zero-order chi connectivity index (χ0) is 21.2. The first kappa shape index (κ1) is 19.6. The number of methoxy groups -OCH3 is 1. The normalized spacial score (nSPS) is 15.4. The summed E-state index contributed by atoms with van der Waals surface area (Å²) in [4.78, 5) is 16.2. The van der Waals surface area contributed by atoms with Gasteiger partial charge in [0.25, 0.3) is 0 Å². The van der Waals surface area contributed by atoms with Crippen molar-refractivity contribution >= 4 is 10.9 Å². The molecule has 1 aromatic carbocycles. The maximum atomic E-state index is 5.28. The van der Waals surface area contributed by atoms with Gasteiger partial charge in [-0.3, -0.25) is 15.0 Å². The van der Waals surface area contributed by atoms with Crippen LogP contribution in [0.1, 0.15) is 36.0 Å². The van der Waals surface area contributed by atoms with Gasteiger partial charge in [0.15, 0.2) is 0 Å². The van der Waals surface area contributed by atoms with Crippen LogP contribution in [-0.2, 0) is 6.54 Å². The Morgan fingerprint density at radius 1 is 1.10 bits per heavy atom. The second-order valence-corrected chi connectivity index (χ2v) is 8.11. The van der Waals surface area contributed by atoms with E-state index in [0.29, 0.717) is 5.92 Å². The molecule has 158 valence electrons. The minimum Gasteiger partial charge on any atom is -0.495 e. The maximum Gasteiger partial charge on any atom is 0.143 e. The van der Waals surface area contributed by atoms with Crippen molar-refractivity contribution in [2.24, 2.45) is 0 Å². The molecule has 0 amide bonds. The van der Waals surface area contributed by atoms with Crippen LogP contribution < -0.4 is 4.74 Å². The lowest BCUT2D eigenvalue weighted by Crippen LogP contribution is -2.33. The van der Waals surface area contributed by atoms with Gasteiger partial charge in [-0.2, -0.15) is 5.10 Å². The molecule has 0 radical (unpaired) electrons. The third kappa shape index (κ3) is 4.14. The highest BCUT2D eigenvalue weighted by atomic mass is 16.5. The molecule has 4 heterocycles. The molecule has 1 aliphatic rings. The summed E-state index contributed by atoms with van der Waals surface area (Å²) in [6.45, 7) is 4.89. The summed E-state index contributed by atoms with van der Waals surface area (Å²) in [6.07, 6.45) is 5.69. The fraction of sp³-hybridized carbons (Fsp3) is 0.333. The lowest BCUT2D eigenvalue weighted by Gasteiger charge is -2.30. The highest BCUT2D eigenvalue weighted by Gasteiger charge is 2.23. The molecular weight excluding hydrogens is 388 g/mol. The summed E-state index contributed by atoms with van der Waals surface area (Å²) < 4.78 is 5.28. The minimum atomic E-state index is 0.457. The van der Waals surface area contributed by atoms with Crippen LogP contribution in [0.15, 0.2) is 48.8 Å². The number of likely N-dealkylation sites (tertiary alicyclic amines) is 1. The fourth-order valence-electron chi connectivity index (χ4n) is 4.32. The van der Waals surface area contributed by atoms with E-state index in [4.69, 9.17) is 14.7 Å². The standard InChI is InChI=1S/C24H26N6O/c1-16-20-5-3-4-6-21(20)27-24(26-16)15-30-9-7-17(8-10-30)22-12-23(29-28-22)18-11-19(31-2)14-25-13-18/h3-6,11-14,17H,7-10,15H2,1-2H3,(H,28,29). The third-order valence-corrected chi connectivity index (χ3v) is 6.07. The van der Waals surface area contributed by atoms with E-state index in [2.05, 4.69) is 45.2 Å². The Morgan fingerprint density at radius 3 is 2.77 bits per heavy atom. The summed E-state index contributed by atoms with van der Waals surface area (Å²) in [5, 5.41) is 8.89. The van der Waals surface area contributed by atoms with Gasteiger partial charge in [0.05, 0.1) is 36.8 Å². The average molecular weight is 415 g/mol. The number of benzene rings is 1. The second kappa shape index (κ2) is 8.43. The van der Waals surface area contributed by atoms with E-state index < -0.39 is 0 Å². The van der Waals surface area contributed by atoms with Crippen LogP contribution in [0.3, 0.4) is 0 Å². The van der Waals surface area contributed by atoms with Gasteiger partial charge in [0.1, 0.15) is 11.6 Å². The van der Waals surface area contributed by atoms with Gasteiger partial charge in [-0.1, -0.05) is 18.2 Å². The molecule has 5 rings (SSSR count). The summed E-state index contributed by atoms with van der Waals surface area (Å²) >= 11 is 0. The molecule has 1 saturated heterocycles. The summed E-state index contributed by atoms with van der Waals surface area (Å²) in [5.74, 6) is 2.11. The van der Waals surface area contributed by atoms with Gasteiger partial charge in [0, 0.05) is 28.8 Å². The number of para-hydroxylation sites is 1. The van der Waals surface area contributed by atoms with Crippen molar-refractivity contribution < 1.29 is 4.74 Å². The van der Waals surface area contributed by atoms with Crippen LogP contribution in [0, 0.1) is 6.92 Å². The summed E-state index contributed by atoms with van der Waals surface area (Å²) in [5.41, 5.74) is 5.15. The number of H-pyrrole nitrogens is 1. The quantitative estimate of drug-likeness (QED) is 0.529. The zero-order valence-corrected chi connectivity index (χ0v) is 17.9. The molecule has 7 heteroatoms. The molecule has 0 saturated carbocycles. The lowest BCUT2D eigenvalue weighted by molar-refractivity contribution is 0.199.